The molecule has 1 aromatic carbocycles. The Kier molecular flexibility index (Phi) is 6.16. The van der Waals surface area contributed by atoms with Gasteiger partial charge in [0.1, 0.15) is 11.4 Å². The van der Waals surface area contributed by atoms with Crippen molar-refractivity contribution in [2.75, 3.05) is 35.8 Å². The van der Waals surface area contributed by atoms with Gasteiger partial charge in [-0.15, -0.1) is 0 Å². The molecule has 0 spiro atoms. The molecule has 1 amide bonds. The maximum Gasteiger partial charge on any atom is 0.407 e. The maximum absolute atomic E-state index is 12.0. The number of nitrogen functional groups attached to an aromatic ring is 1. The van der Waals surface area contributed by atoms with Crippen LogP contribution in [0.1, 0.15) is 27.2 Å². The van der Waals surface area contributed by atoms with E-state index in [1.54, 1.807) is 19.2 Å². The first kappa shape index (κ1) is 21.4. The first-order valence-corrected chi connectivity index (χ1v) is 9.72. The van der Waals surface area contributed by atoms with Gasteiger partial charge in [0.15, 0.2) is 5.82 Å². The van der Waals surface area contributed by atoms with Crippen molar-refractivity contribution in [3.63, 3.8) is 0 Å². The standard InChI is InChI=1S/C20H29N7O3/c1-20(2,3)30-19(28)24-13-9-10-26(12-13)18-23-11-16(21)17(25-18)27(22)14-5-7-15(29-4)8-6-14/h5-8,11,13H,9-10,12,21-22H2,1-4H3,(H,24,28). The highest BCUT2D eigenvalue weighted by Gasteiger charge is 2.28. The van der Waals surface area contributed by atoms with Crippen molar-refractivity contribution in [1.29, 1.82) is 0 Å². The Balaban J connectivity index is 1.70. The van der Waals surface area contributed by atoms with E-state index in [-0.39, 0.29) is 6.04 Å². The van der Waals surface area contributed by atoms with E-state index in [1.165, 1.54) is 11.2 Å². The highest BCUT2D eigenvalue weighted by Crippen LogP contribution is 2.29. The third kappa shape index (κ3) is 5.20. The van der Waals surface area contributed by atoms with Gasteiger partial charge in [0.2, 0.25) is 5.95 Å². The number of methoxy groups -OCH3 is 1. The second-order valence-electron chi connectivity index (χ2n) is 8.09. The Hall–Kier alpha value is -3.27. The van der Waals surface area contributed by atoms with Crippen LogP contribution in [0.2, 0.25) is 0 Å². The molecule has 10 nitrogen and oxygen atoms in total. The van der Waals surface area contributed by atoms with Crippen molar-refractivity contribution in [1.82, 2.24) is 15.3 Å². The molecule has 0 aliphatic carbocycles. The average molecular weight is 415 g/mol. The van der Waals surface area contributed by atoms with E-state index in [1.807, 2.05) is 37.8 Å². The van der Waals surface area contributed by atoms with Gasteiger partial charge in [0.05, 0.1) is 30.7 Å². The zero-order valence-corrected chi connectivity index (χ0v) is 17.8. The molecule has 2 heterocycles. The lowest BCUT2D eigenvalue weighted by atomic mass is 10.2. The summed E-state index contributed by atoms with van der Waals surface area (Å²) in [6.45, 7) is 6.75. The van der Waals surface area contributed by atoms with Gasteiger partial charge in [-0.1, -0.05) is 0 Å². The fourth-order valence-corrected chi connectivity index (χ4v) is 3.12. The second kappa shape index (κ2) is 8.62. The number of carbonyl (C=O) groups excluding carboxylic acids is 1. The van der Waals surface area contributed by atoms with Crippen LogP contribution in [-0.2, 0) is 4.74 Å². The largest absolute Gasteiger partial charge is 0.497 e. The molecule has 1 aliphatic heterocycles. The van der Waals surface area contributed by atoms with E-state index < -0.39 is 11.7 Å². The van der Waals surface area contributed by atoms with Crippen LogP contribution in [0.3, 0.4) is 0 Å². The number of nitrogens with two attached hydrogens (primary N) is 2. The first-order chi connectivity index (χ1) is 14.2. The Morgan fingerprint density at radius 3 is 2.63 bits per heavy atom. The lowest BCUT2D eigenvalue weighted by Crippen LogP contribution is -2.40. The number of nitrogens with zero attached hydrogens (tertiary/aromatic N) is 4. The monoisotopic (exact) mass is 415 g/mol. The summed E-state index contributed by atoms with van der Waals surface area (Å²) in [6.07, 6.45) is 1.86. The van der Waals surface area contributed by atoms with Crippen LogP contribution in [0.5, 0.6) is 5.75 Å². The number of aromatic nitrogens is 2. The Morgan fingerprint density at radius 1 is 1.30 bits per heavy atom. The molecule has 1 atom stereocenters. The van der Waals surface area contributed by atoms with Crippen molar-refractivity contribution < 1.29 is 14.3 Å². The van der Waals surface area contributed by atoms with Crippen molar-refractivity contribution in [2.24, 2.45) is 5.84 Å². The number of alkyl carbamates (subject to hydrolysis) is 1. The highest BCUT2D eigenvalue weighted by molar-refractivity contribution is 5.71. The summed E-state index contributed by atoms with van der Waals surface area (Å²) in [5.74, 6) is 7.88. The number of ether oxygens (including phenoxy) is 2. The Labute approximate surface area is 176 Å². The normalized spacial score (nSPS) is 16.3. The van der Waals surface area contributed by atoms with E-state index in [4.69, 9.17) is 21.1 Å². The van der Waals surface area contributed by atoms with Crippen molar-refractivity contribution in [3.05, 3.63) is 30.5 Å². The molecule has 0 radical (unpaired) electrons. The van der Waals surface area contributed by atoms with Crippen molar-refractivity contribution >= 4 is 29.2 Å². The van der Waals surface area contributed by atoms with Crippen LogP contribution in [0.25, 0.3) is 0 Å². The molecule has 0 saturated carbocycles. The number of anilines is 4. The van der Waals surface area contributed by atoms with E-state index in [0.717, 1.165) is 12.2 Å². The number of hydrogen-bond donors (Lipinski definition) is 3. The summed E-state index contributed by atoms with van der Waals surface area (Å²) in [5, 5.41) is 4.30. The number of rotatable bonds is 5. The van der Waals surface area contributed by atoms with Gasteiger partial charge in [-0.25, -0.2) is 15.6 Å². The van der Waals surface area contributed by atoms with E-state index in [0.29, 0.717) is 36.2 Å². The second-order valence-corrected chi connectivity index (χ2v) is 8.09. The minimum atomic E-state index is -0.538. The fraction of sp³-hybridized carbons (Fsp3) is 0.450. The van der Waals surface area contributed by atoms with Gasteiger partial charge in [0.25, 0.3) is 0 Å². The van der Waals surface area contributed by atoms with Crippen LogP contribution in [-0.4, -0.2) is 47.9 Å². The van der Waals surface area contributed by atoms with Crippen LogP contribution < -0.4 is 31.5 Å². The van der Waals surface area contributed by atoms with Crippen molar-refractivity contribution in [2.45, 2.75) is 38.8 Å². The molecule has 3 rings (SSSR count). The Bertz CT molecular complexity index is 883. The minimum absolute atomic E-state index is 0.0555. The molecule has 162 valence electrons. The zero-order valence-electron chi connectivity index (χ0n) is 17.8. The summed E-state index contributed by atoms with van der Waals surface area (Å²) in [7, 11) is 1.60. The fourth-order valence-electron chi connectivity index (χ4n) is 3.12. The molecule has 1 unspecified atom stereocenters. The molecule has 5 N–H and O–H groups in total. The van der Waals surface area contributed by atoms with Gasteiger partial charge in [0, 0.05) is 13.1 Å². The summed E-state index contributed by atoms with van der Waals surface area (Å²) >= 11 is 0. The molecule has 0 bridgehead atoms. The summed E-state index contributed by atoms with van der Waals surface area (Å²) in [4.78, 5) is 22.9. The average Bonchev–Trinajstić information content (AvgIpc) is 3.14. The summed E-state index contributed by atoms with van der Waals surface area (Å²) in [5.41, 5.74) is 6.60. The molecule has 2 aromatic rings. The third-order valence-corrected chi connectivity index (χ3v) is 4.55. The number of amides is 1. The minimum Gasteiger partial charge on any atom is -0.497 e. The van der Waals surface area contributed by atoms with Gasteiger partial charge in [-0.05, 0) is 51.5 Å². The lowest BCUT2D eigenvalue weighted by molar-refractivity contribution is 0.0509. The molecular weight excluding hydrogens is 386 g/mol. The SMILES string of the molecule is COc1ccc(N(N)c2nc(N3CCC(NC(=O)OC(C)(C)C)C3)ncc2N)cc1. The number of nitrogens with one attached hydrogen (secondary N) is 1. The molecule has 30 heavy (non-hydrogen) atoms. The smallest absolute Gasteiger partial charge is 0.407 e. The van der Waals surface area contributed by atoms with Gasteiger partial charge >= 0.3 is 6.09 Å². The van der Waals surface area contributed by atoms with Crippen LogP contribution in [0.15, 0.2) is 30.5 Å². The predicted molar refractivity (Wildman–Crippen MR) is 116 cm³/mol. The highest BCUT2D eigenvalue weighted by atomic mass is 16.6. The molecular formula is C20H29N7O3. The van der Waals surface area contributed by atoms with Gasteiger partial charge in [-0.3, -0.25) is 5.01 Å². The molecule has 1 saturated heterocycles. The van der Waals surface area contributed by atoms with Crippen molar-refractivity contribution in [3.8, 4) is 5.75 Å². The lowest BCUT2D eigenvalue weighted by Gasteiger charge is -2.23. The number of benzene rings is 1. The molecule has 1 fully saturated rings. The first-order valence-electron chi connectivity index (χ1n) is 9.72. The maximum atomic E-state index is 12.0. The van der Waals surface area contributed by atoms with Crippen LogP contribution in [0, 0.1) is 0 Å². The third-order valence-electron chi connectivity index (χ3n) is 4.55. The summed E-state index contributed by atoms with van der Waals surface area (Å²) < 4.78 is 10.5. The van der Waals surface area contributed by atoms with Crippen LogP contribution in [0.4, 0.5) is 27.9 Å². The number of carbonyl (C=O) groups is 1. The van der Waals surface area contributed by atoms with Gasteiger partial charge < -0.3 is 25.4 Å². The van der Waals surface area contributed by atoms with Crippen LogP contribution >= 0.6 is 0 Å². The molecule has 1 aliphatic rings. The zero-order chi connectivity index (χ0) is 21.9. The molecule has 10 heteroatoms. The van der Waals surface area contributed by atoms with E-state index in [9.17, 15) is 4.79 Å². The van der Waals surface area contributed by atoms with Gasteiger partial charge in [-0.2, -0.15) is 4.98 Å². The topological polar surface area (TPSA) is 132 Å². The summed E-state index contributed by atoms with van der Waals surface area (Å²) in [6, 6.07) is 7.19. The Morgan fingerprint density at radius 2 is 2.00 bits per heavy atom. The predicted octanol–water partition coefficient (Wildman–Crippen LogP) is 2.18. The van der Waals surface area contributed by atoms with E-state index >= 15 is 0 Å². The van der Waals surface area contributed by atoms with E-state index in [2.05, 4.69) is 15.3 Å². The molecule has 1 aromatic heterocycles. The number of hydrazine groups is 1. The quantitative estimate of drug-likeness (QED) is 0.496. The number of hydrogen-bond acceptors (Lipinski definition) is 9.